The average molecular weight is 228 g/mol. The predicted octanol–water partition coefficient (Wildman–Crippen LogP) is -0.0378. The van der Waals surface area contributed by atoms with Crippen molar-refractivity contribution >= 4 is 0 Å². The highest BCUT2D eigenvalue weighted by Gasteiger charge is 2.39. The van der Waals surface area contributed by atoms with Crippen LogP contribution < -0.4 is 11.2 Å². The number of aliphatic hydroxyl groups is 1. The molecule has 0 radical (unpaired) electrons. The highest BCUT2D eigenvalue weighted by Crippen LogP contribution is 2.39. The zero-order valence-electron chi connectivity index (χ0n) is 8.65. The molecule has 0 bridgehead atoms. The maximum Gasteiger partial charge on any atom is 0.328 e. The third-order valence-corrected chi connectivity index (χ3v) is 3.05. The fraction of sp³-hybridized carbons (Fsp3) is 0.600. The highest BCUT2D eigenvalue weighted by molar-refractivity contribution is 4.95. The second-order valence-electron chi connectivity index (χ2n) is 4.22. The van der Waals surface area contributed by atoms with Crippen molar-refractivity contribution in [2.45, 2.75) is 31.0 Å². The minimum Gasteiger partial charge on any atom is -0.393 e. The fourth-order valence-electron chi connectivity index (χ4n) is 2.15. The summed E-state index contributed by atoms with van der Waals surface area (Å²) in [7, 11) is 0. The van der Waals surface area contributed by atoms with Gasteiger partial charge in [0, 0.05) is 24.7 Å². The first-order valence-corrected chi connectivity index (χ1v) is 5.15. The summed E-state index contributed by atoms with van der Waals surface area (Å²) >= 11 is 0. The lowest BCUT2D eigenvalue weighted by atomic mass is 10.1. The first-order chi connectivity index (χ1) is 7.54. The van der Waals surface area contributed by atoms with E-state index in [1.54, 1.807) is 0 Å². The van der Waals surface area contributed by atoms with Gasteiger partial charge in [0.1, 0.15) is 5.67 Å². The number of nitrogens with zero attached hydrogens (tertiary/aromatic N) is 1. The van der Waals surface area contributed by atoms with Gasteiger partial charge in [-0.05, 0) is 12.8 Å². The number of aromatic amines is 1. The molecule has 1 aliphatic carbocycles. The molecule has 0 aromatic carbocycles. The number of alkyl halides is 1. The van der Waals surface area contributed by atoms with Gasteiger partial charge in [-0.1, -0.05) is 0 Å². The maximum absolute atomic E-state index is 13.8. The maximum atomic E-state index is 13.8. The minimum atomic E-state index is -1.60. The molecule has 0 spiro atoms. The molecule has 0 saturated heterocycles. The van der Waals surface area contributed by atoms with Crippen LogP contribution in [0.2, 0.25) is 0 Å². The van der Waals surface area contributed by atoms with Gasteiger partial charge in [-0.3, -0.25) is 14.3 Å². The van der Waals surface area contributed by atoms with Crippen LogP contribution >= 0.6 is 0 Å². The first kappa shape index (κ1) is 11.1. The third kappa shape index (κ3) is 1.92. The molecule has 6 heteroatoms. The van der Waals surface area contributed by atoms with Gasteiger partial charge in [0.25, 0.3) is 5.56 Å². The molecule has 0 amide bonds. The third-order valence-electron chi connectivity index (χ3n) is 3.05. The van der Waals surface area contributed by atoms with Crippen LogP contribution in [-0.4, -0.2) is 26.9 Å². The smallest absolute Gasteiger partial charge is 0.328 e. The van der Waals surface area contributed by atoms with E-state index >= 15 is 0 Å². The fourth-order valence-corrected chi connectivity index (χ4v) is 2.15. The summed E-state index contributed by atoms with van der Waals surface area (Å²) in [6.07, 6.45) is 2.20. The monoisotopic (exact) mass is 228 g/mol. The number of halogens is 1. The molecule has 1 fully saturated rings. The number of rotatable bonds is 2. The summed E-state index contributed by atoms with van der Waals surface area (Å²) in [4.78, 5) is 24.4. The van der Waals surface area contributed by atoms with Gasteiger partial charge in [0.15, 0.2) is 0 Å². The van der Waals surface area contributed by atoms with Crippen LogP contribution in [0, 0.1) is 0 Å². The molecule has 0 unspecified atom stereocenters. The van der Waals surface area contributed by atoms with Crippen LogP contribution in [0.1, 0.15) is 25.3 Å². The first-order valence-electron chi connectivity index (χ1n) is 5.15. The summed E-state index contributed by atoms with van der Waals surface area (Å²) in [6, 6.07) is 0.944. The second kappa shape index (κ2) is 3.86. The Hall–Kier alpha value is -1.43. The molecule has 1 saturated carbocycles. The minimum absolute atomic E-state index is 0.107. The summed E-state index contributed by atoms with van der Waals surface area (Å²) in [5, 5.41) is 8.88. The van der Waals surface area contributed by atoms with E-state index in [1.807, 2.05) is 0 Å². The lowest BCUT2D eigenvalue weighted by Gasteiger charge is -2.17. The van der Waals surface area contributed by atoms with Crippen LogP contribution in [0.15, 0.2) is 21.9 Å². The topological polar surface area (TPSA) is 75.1 Å². The SMILES string of the molecule is O=c1ccn([C@H]2CC[C@@](F)(CO)C2)c(=O)[nH]1. The van der Waals surface area contributed by atoms with Crippen molar-refractivity contribution in [2.24, 2.45) is 0 Å². The van der Waals surface area contributed by atoms with Crippen molar-refractivity contribution in [3.63, 3.8) is 0 Å². The molecule has 1 aromatic rings. The van der Waals surface area contributed by atoms with Crippen LogP contribution in [0.5, 0.6) is 0 Å². The Labute approximate surface area is 90.5 Å². The molecule has 0 aliphatic heterocycles. The van der Waals surface area contributed by atoms with Crippen LogP contribution in [0.4, 0.5) is 4.39 Å². The van der Waals surface area contributed by atoms with E-state index in [2.05, 4.69) is 4.98 Å². The van der Waals surface area contributed by atoms with Crippen LogP contribution in [0.25, 0.3) is 0 Å². The Balaban J connectivity index is 2.27. The average Bonchev–Trinajstić information content (AvgIpc) is 2.62. The Bertz CT molecular complexity index is 495. The quantitative estimate of drug-likeness (QED) is 0.746. The summed E-state index contributed by atoms with van der Waals surface area (Å²) < 4.78 is 15.1. The number of hydrogen-bond acceptors (Lipinski definition) is 3. The number of nitrogens with one attached hydrogen (secondary N) is 1. The van der Waals surface area contributed by atoms with Crippen molar-refractivity contribution in [2.75, 3.05) is 6.61 Å². The Morgan fingerprint density at radius 3 is 2.94 bits per heavy atom. The molecule has 2 N–H and O–H groups in total. The molecular formula is C10H13FN2O3. The Morgan fingerprint density at radius 2 is 2.38 bits per heavy atom. The highest BCUT2D eigenvalue weighted by atomic mass is 19.1. The zero-order valence-corrected chi connectivity index (χ0v) is 8.65. The summed E-state index contributed by atoms with van der Waals surface area (Å²) in [6.45, 7) is -0.526. The Kier molecular flexibility index (Phi) is 2.67. The molecule has 1 heterocycles. The molecule has 88 valence electrons. The van der Waals surface area contributed by atoms with Crippen LogP contribution in [0.3, 0.4) is 0 Å². The van der Waals surface area contributed by atoms with Gasteiger partial charge in [0.2, 0.25) is 0 Å². The molecule has 16 heavy (non-hydrogen) atoms. The van der Waals surface area contributed by atoms with Crippen molar-refractivity contribution in [1.82, 2.24) is 9.55 Å². The van der Waals surface area contributed by atoms with E-state index in [0.29, 0.717) is 6.42 Å². The van der Waals surface area contributed by atoms with Gasteiger partial charge >= 0.3 is 5.69 Å². The molecule has 5 nitrogen and oxygen atoms in total. The standard InChI is InChI=1S/C10H13FN2O3/c11-10(6-14)3-1-7(5-10)13-4-2-8(15)12-9(13)16/h2,4,7,14H,1,3,5-6H2,(H,12,15,16)/t7-,10-/m0/s1. The number of aromatic nitrogens is 2. The summed E-state index contributed by atoms with van der Waals surface area (Å²) in [5.74, 6) is 0. The van der Waals surface area contributed by atoms with Crippen molar-refractivity contribution in [3.8, 4) is 0 Å². The normalized spacial score (nSPS) is 29.5. The van der Waals surface area contributed by atoms with E-state index in [9.17, 15) is 14.0 Å². The Morgan fingerprint density at radius 1 is 1.62 bits per heavy atom. The second-order valence-corrected chi connectivity index (χ2v) is 4.22. The van der Waals surface area contributed by atoms with Crippen molar-refractivity contribution < 1.29 is 9.50 Å². The van der Waals surface area contributed by atoms with E-state index in [0.717, 1.165) is 0 Å². The van der Waals surface area contributed by atoms with E-state index in [1.165, 1.54) is 16.8 Å². The number of H-pyrrole nitrogens is 1. The molecule has 1 aromatic heterocycles. The van der Waals surface area contributed by atoms with Gasteiger partial charge < -0.3 is 5.11 Å². The lowest BCUT2D eigenvalue weighted by molar-refractivity contribution is 0.0738. The van der Waals surface area contributed by atoms with Gasteiger partial charge in [-0.2, -0.15) is 0 Å². The predicted molar refractivity (Wildman–Crippen MR) is 55.1 cm³/mol. The zero-order chi connectivity index (χ0) is 11.8. The van der Waals surface area contributed by atoms with Gasteiger partial charge in [0.05, 0.1) is 6.61 Å². The van der Waals surface area contributed by atoms with Gasteiger partial charge in [-0.15, -0.1) is 0 Å². The summed E-state index contributed by atoms with van der Waals surface area (Å²) in [5.41, 5.74) is -2.59. The largest absolute Gasteiger partial charge is 0.393 e. The van der Waals surface area contributed by atoms with Gasteiger partial charge in [-0.25, -0.2) is 9.18 Å². The number of aliphatic hydroxyl groups excluding tert-OH is 1. The lowest BCUT2D eigenvalue weighted by Crippen LogP contribution is -2.32. The van der Waals surface area contributed by atoms with Crippen LogP contribution in [-0.2, 0) is 0 Å². The molecule has 2 atom stereocenters. The van der Waals surface area contributed by atoms with E-state index < -0.39 is 23.5 Å². The van der Waals surface area contributed by atoms with E-state index in [4.69, 9.17) is 5.11 Å². The molecule has 1 aliphatic rings. The number of hydrogen-bond donors (Lipinski definition) is 2. The van der Waals surface area contributed by atoms with Crippen molar-refractivity contribution in [3.05, 3.63) is 33.1 Å². The molecular weight excluding hydrogens is 215 g/mol. The van der Waals surface area contributed by atoms with Crippen molar-refractivity contribution in [1.29, 1.82) is 0 Å². The van der Waals surface area contributed by atoms with E-state index in [-0.39, 0.29) is 18.9 Å². The molecule has 2 rings (SSSR count).